The molecule has 0 amide bonds. The SMILES string of the molecule is Cc1ccccc1C(=O)OC(=S)S.[Na]. The number of aryl methyl sites for hydroxylation is 1. The van der Waals surface area contributed by atoms with Gasteiger partial charge < -0.3 is 4.74 Å². The van der Waals surface area contributed by atoms with Crippen molar-refractivity contribution in [3.8, 4) is 0 Å². The number of ether oxygens (including phenoxy) is 1. The number of thiol groups is 1. The number of hydrogen-bond donors (Lipinski definition) is 1. The fraction of sp³-hybridized carbons (Fsp3) is 0.111. The first kappa shape index (κ1) is 14.1. The molecule has 0 saturated heterocycles. The summed E-state index contributed by atoms with van der Waals surface area (Å²) in [7, 11) is 0. The third-order valence-electron chi connectivity index (χ3n) is 1.54. The molecule has 0 bridgehead atoms. The molecule has 0 aromatic heterocycles. The Labute approximate surface area is 116 Å². The van der Waals surface area contributed by atoms with Crippen molar-refractivity contribution in [3.05, 3.63) is 35.4 Å². The molecule has 1 rings (SSSR count). The summed E-state index contributed by atoms with van der Waals surface area (Å²) in [4.78, 5) is 11.3. The maximum Gasteiger partial charge on any atom is 0.344 e. The van der Waals surface area contributed by atoms with Crippen LogP contribution in [0.2, 0.25) is 0 Å². The van der Waals surface area contributed by atoms with Crippen molar-refractivity contribution in [1.82, 2.24) is 0 Å². The molecule has 2 nitrogen and oxygen atoms in total. The van der Waals surface area contributed by atoms with Gasteiger partial charge in [0, 0.05) is 29.6 Å². The molecule has 0 fully saturated rings. The molecular weight excluding hydrogens is 227 g/mol. The number of esters is 1. The van der Waals surface area contributed by atoms with Crippen LogP contribution in [0.1, 0.15) is 15.9 Å². The summed E-state index contributed by atoms with van der Waals surface area (Å²) in [6.45, 7) is 1.83. The smallest absolute Gasteiger partial charge is 0.344 e. The summed E-state index contributed by atoms with van der Waals surface area (Å²) in [6.07, 6.45) is 0. The van der Waals surface area contributed by atoms with Gasteiger partial charge in [0.2, 0.25) is 4.38 Å². The minimum absolute atomic E-state index is 0. The van der Waals surface area contributed by atoms with Crippen molar-refractivity contribution in [2.45, 2.75) is 6.92 Å². The average Bonchev–Trinajstić information content (AvgIpc) is 2.03. The molecule has 0 unspecified atom stereocenters. The predicted octanol–water partition coefficient (Wildman–Crippen LogP) is 1.99. The molecule has 69 valence electrons. The predicted molar refractivity (Wildman–Crippen MR) is 63.9 cm³/mol. The topological polar surface area (TPSA) is 26.3 Å². The normalized spacial score (nSPS) is 8.71. The van der Waals surface area contributed by atoms with E-state index in [0.717, 1.165) is 5.56 Å². The van der Waals surface area contributed by atoms with E-state index >= 15 is 0 Å². The van der Waals surface area contributed by atoms with Gasteiger partial charge in [-0.2, -0.15) is 0 Å². The average molecular weight is 235 g/mol. The molecular formula is C9H8NaO2S2. The third kappa shape index (κ3) is 4.11. The van der Waals surface area contributed by atoms with Gasteiger partial charge in [-0.3, -0.25) is 0 Å². The van der Waals surface area contributed by atoms with E-state index in [-0.39, 0.29) is 33.9 Å². The molecule has 0 aliphatic carbocycles. The molecule has 0 heterocycles. The number of rotatable bonds is 1. The molecule has 0 atom stereocenters. The minimum Gasteiger partial charge on any atom is -0.405 e. The van der Waals surface area contributed by atoms with E-state index in [2.05, 4.69) is 29.6 Å². The van der Waals surface area contributed by atoms with Crippen molar-refractivity contribution >= 4 is 64.8 Å². The summed E-state index contributed by atoms with van der Waals surface area (Å²) in [6, 6.07) is 7.14. The largest absolute Gasteiger partial charge is 0.405 e. The van der Waals surface area contributed by atoms with E-state index in [4.69, 9.17) is 0 Å². The first-order valence-corrected chi connectivity index (χ1v) is 4.47. The van der Waals surface area contributed by atoms with Crippen LogP contribution in [-0.4, -0.2) is 39.9 Å². The van der Waals surface area contributed by atoms with Crippen molar-refractivity contribution in [1.29, 1.82) is 0 Å². The summed E-state index contributed by atoms with van der Waals surface area (Å²) < 4.78 is 4.61. The molecule has 1 radical (unpaired) electrons. The Morgan fingerprint density at radius 2 is 2.00 bits per heavy atom. The van der Waals surface area contributed by atoms with E-state index in [0.29, 0.717) is 5.56 Å². The fourth-order valence-electron chi connectivity index (χ4n) is 0.936. The van der Waals surface area contributed by atoms with E-state index in [1.807, 2.05) is 19.1 Å². The second-order valence-corrected chi connectivity index (χ2v) is 3.55. The number of hydrogen-bond acceptors (Lipinski definition) is 3. The van der Waals surface area contributed by atoms with Gasteiger partial charge in [-0.15, -0.1) is 0 Å². The van der Waals surface area contributed by atoms with E-state index in [1.54, 1.807) is 12.1 Å². The van der Waals surface area contributed by atoms with Crippen molar-refractivity contribution < 1.29 is 9.53 Å². The van der Waals surface area contributed by atoms with Gasteiger partial charge in [0.1, 0.15) is 0 Å². The molecule has 1 aromatic carbocycles. The Morgan fingerprint density at radius 3 is 2.50 bits per heavy atom. The number of thiocarbonyl (C=S) groups is 1. The van der Waals surface area contributed by atoms with Crippen LogP contribution >= 0.6 is 24.8 Å². The van der Waals surface area contributed by atoms with Crippen LogP contribution in [0, 0.1) is 6.92 Å². The Balaban J connectivity index is 0.00000169. The second-order valence-electron chi connectivity index (χ2n) is 2.47. The van der Waals surface area contributed by atoms with E-state index in [1.165, 1.54) is 0 Å². The summed E-state index contributed by atoms with van der Waals surface area (Å²) >= 11 is 8.25. The molecule has 0 aliphatic rings. The van der Waals surface area contributed by atoms with Gasteiger partial charge in [0.25, 0.3) is 0 Å². The van der Waals surface area contributed by atoms with Crippen molar-refractivity contribution in [2.75, 3.05) is 0 Å². The van der Waals surface area contributed by atoms with Crippen LogP contribution in [0.15, 0.2) is 24.3 Å². The van der Waals surface area contributed by atoms with Gasteiger partial charge in [-0.05, 0) is 30.8 Å². The first-order chi connectivity index (χ1) is 6.11. The van der Waals surface area contributed by atoms with Crippen LogP contribution in [0.4, 0.5) is 0 Å². The molecule has 1 aromatic rings. The molecule has 0 spiro atoms. The molecule has 0 aliphatic heterocycles. The maximum absolute atomic E-state index is 11.3. The zero-order chi connectivity index (χ0) is 9.84. The second kappa shape index (κ2) is 6.58. The van der Waals surface area contributed by atoms with E-state index in [9.17, 15) is 4.79 Å². The van der Waals surface area contributed by atoms with Gasteiger partial charge in [0.15, 0.2) is 0 Å². The molecule has 5 heteroatoms. The third-order valence-corrected chi connectivity index (χ3v) is 1.72. The summed E-state index contributed by atoms with van der Waals surface area (Å²) in [5.41, 5.74) is 1.37. The number of carbonyl (C=O) groups is 1. The fourth-order valence-corrected chi connectivity index (χ4v) is 1.09. The quantitative estimate of drug-likeness (QED) is 0.349. The monoisotopic (exact) mass is 235 g/mol. The minimum atomic E-state index is -0.460. The van der Waals surface area contributed by atoms with Crippen LogP contribution in [-0.2, 0) is 4.74 Å². The zero-order valence-corrected chi connectivity index (χ0v) is 11.7. The van der Waals surface area contributed by atoms with Crippen LogP contribution in [0.3, 0.4) is 0 Å². The maximum atomic E-state index is 11.3. The Morgan fingerprint density at radius 1 is 1.43 bits per heavy atom. The zero-order valence-electron chi connectivity index (χ0n) is 7.98. The number of benzene rings is 1. The first-order valence-electron chi connectivity index (χ1n) is 3.62. The summed E-state index contributed by atoms with van der Waals surface area (Å²) in [5.74, 6) is -0.460. The van der Waals surface area contributed by atoms with Gasteiger partial charge in [-0.1, -0.05) is 30.8 Å². The van der Waals surface area contributed by atoms with E-state index < -0.39 is 5.97 Å². The Hall–Kier alpha value is 0.130. The van der Waals surface area contributed by atoms with Crippen molar-refractivity contribution in [3.63, 3.8) is 0 Å². The van der Waals surface area contributed by atoms with Crippen molar-refractivity contribution in [2.24, 2.45) is 0 Å². The van der Waals surface area contributed by atoms with Gasteiger partial charge in [-0.25, -0.2) is 4.79 Å². The summed E-state index contributed by atoms with van der Waals surface area (Å²) in [5, 5.41) is 0. The van der Waals surface area contributed by atoms with Gasteiger partial charge >= 0.3 is 5.97 Å². The van der Waals surface area contributed by atoms with Crippen LogP contribution < -0.4 is 0 Å². The van der Waals surface area contributed by atoms with Crippen LogP contribution in [0.5, 0.6) is 0 Å². The Bertz CT molecular complexity index is 352. The Kier molecular flexibility index (Phi) is 6.64. The molecule has 0 N–H and O–H groups in total. The standard InChI is InChI=1S/C9H8O2S2.Na/c1-6-4-2-3-5-7(6)8(10)11-9(12)13;/h2-5H,1H3,(H,12,13);. The molecule has 14 heavy (non-hydrogen) atoms. The van der Waals surface area contributed by atoms with Gasteiger partial charge in [0.05, 0.1) is 5.56 Å². The van der Waals surface area contributed by atoms with Crippen LogP contribution in [0.25, 0.3) is 0 Å². The number of carbonyl (C=O) groups excluding carboxylic acids is 1. The molecule has 0 saturated carbocycles.